The molecule has 1 fully saturated rings. The zero-order valence-electron chi connectivity index (χ0n) is 11.5. The minimum atomic E-state index is -0.101. The van der Waals surface area contributed by atoms with Crippen LogP contribution >= 0.6 is 0 Å². The molecule has 0 saturated carbocycles. The molecule has 0 radical (unpaired) electrons. The minimum absolute atomic E-state index is 0.0286. The minimum Gasteiger partial charge on any atom is -0.469 e. The molecular formula is C13H26N2O2. The van der Waals surface area contributed by atoms with E-state index in [0.717, 1.165) is 25.6 Å². The molecule has 1 heterocycles. The van der Waals surface area contributed by atoms with Crippen molar-refractivity contribution in [2.75, 3.05) is 40.3 Å². The summed E-state index contributed by atoms with van der Waals surface area (Å²) >= 11 is 0. The van der Waals surface area contributed by atoms with E-state index in [-0.39, 0.29) is 11.9 Å². The quantitative estimate of drug-likeness (QED) is 0.705. The smallest absolute Gasteiger partial charge is 0.310 e. The van der Waals surface area contributed by atoms with Crippen LogP contribution in [-0.4, -0.2) is 51.2 Å². The Morgan fingerprint density at radius 2 is 2.24 bits per heavy atom. The zero-order valence-corrected chi connectivity index (χ0v) is 11.5. The number of hydrogen-bond acceptors (Lipinski definition) is 4. The highest BCUT2D eigenvalue weighted by molar-refractivity contribution is 5.72. The third-order valence-corrected chi connectivity index (χ3v) is 3.59. The first-order chi connectivity index (χ1) is 8.04. The second-order valence-electron chi connectivity index (χ2n) is 5.45. The summed E-state index contributed by atoms with van der Waals surface area (Å²) in [5.74, 6) is 0.918. The Bertz CT molecular complexity index is 244. The van der Waals surface area contributed by atoms with Crippen molar-refractivity contribution < 1.29 is 9.53 Å². The molecule has 4 heteroatoms. The van der Waals surface area contributed by atoms with Gasteiger partial charge in [-0.1, -0.05) is 13.8 Å². The number of nitrogens with one attached hydrogen (secondary N) is 1. The molecule has 0 aromatic heterocycles. The van der Waals surface area contributed by atoms with E-state index in [0.29, 0.717) is 5.92 Å². The second-order valence-corrected chi connectivity index (χ2v) is 5.45. The monoisotopic (exact) mass is 242 g/mol. The molecule has 1 saturated heterocycles. The Labute approximate surface area is 105 Å². The lowest BCUT2D eigenvalue weighted by molar-refractivity contribution is -0.146. The Balaban J connectivity index is 2.25. The molecular weight excluding hydrogens is 216 g/mol. The van der Waals surface area contributed by atoms with Crippen LogP contribution in [0.2, 0.25) is 0 Å². The molecule has 4 nitrogen and oxygen atoms in total. The molecule has 1 aliphatic heterocycles. The maximum Gasteiger partial charge on any atom is 0.310 e. The Morgan fingerprint density at radius 1 is 1.53 bits per heavy atom. The van der Waals surface area contributed by atoms with Crippen molar-refractivity contribution in [2.24, 2.45) is 17.8 Å². The summed E-state index contributed by atoms with van der Waals surface area (Å²) in [5.41, 5.74) is 0. The van der Waals surface area contributed by atoms with Gasteiger partial charge in [0.15, 0.2) is 0 Å². The number of rotatable bonds is 6. The third-order valence-electron chi connectivity index (χ3n) is 3.59. The highest BCUT2D eigenvalue weighted by Gasteiger charge is 2.24. The number of hydrogen-bond donors (Lipinski definition) is 1. The lowest BCUT2D eigenvalue weighted by Crippen LogP contribution is -2.35. The highest BCUT2D eigenvalue weighted by atomic mass is 16.5. The second kappa shape index (κ2) is 6.97. The molecule has 0 aromatic rings. The van der Waals surface area contributed by atoms with Crippen LogP contribution in [0.1, 0.15) is 20.3 Å². The normalized spacial score (nSPS) is 23.0. The predicted octanol–water partition coefficient (Wildman–Crippen LogP) is 0.973. The van der Waals surface area contributed by atoms with E-state index in [1.54, 1.807) is 0 Å². The number of nitrogens with zero attached hydrogens (tertiary/aromatic N) is 1. The number of carbonyl (C=O) groups excluding carboxylic acids is 1. The topological polar surface area (TPSA) is 41.6 Å². The predicted molar refractivity (Wildman–Crippen MR) is 68.8 cm³/mol. The van der Waals surface area contributed by atoms with Crippen LogP contribution in [0.5, 0.6) is 0 Å². The van der Waals surface area contributed by atoms with Gasteiger partial charge >= 0.3 is 5.97 Å². The molecule has 2 atom stereocenters. The summed E-state index contributed by atoms with van der Waals surface area (Å²) in [6, 6.07) is 0. The fourth-order valence-corrected chi connectivity index (χ4v) is 2.38. The van der Waals surface area contributed by atoms with Gasteiger partial charge in [-0.25, -0.2) is 0 Å². The maximum absolute atomic E-state index is 11.6. The summed E-state index contributed by atoms with van der Waals surface area (Å²) in [6.07, 6.45) is 1.26. The van der Waals surface area contributed by atoms with Crippen LogP contribution in [0.4, 0.5) is 0 Å². The average molecular weight is 242 g/mol. The van der Waals surface area contributed by atoms with Crippen LogP contribution in [0.15, 0.2) is 0 Å². The lowest BCUT2D eigenvalue weighted by atomic mass is 9.95. The van der Waals surface area contributed by atoms with Gasteiger partial charge in [0, 0.05) is 13.1 Å². The summed E-state index contributed by atoms with van der Waals surface area (Å²) < 4.78 is 4.83. The fourth-order valence-electron chi connectivity index (χ4n) is 2.38. The lowest BCUT2D eigenvalue weighted by Gasteiger charge is -2.20. The molecule has 0 aromatic carbocycles. The molecule has 0 spiro atoms. The van der Waals surface area contributed by atoms with Crippen molar-refractivity contribution in [3.8, 4) is 0 Å². The molecule has 0 aliphatic carbocycles. The van der Waals surface area contributed by atoms with E-state index in [9.17, 15) is 4.79 Å². The number of methoxy groups -OCH3 is 1. The van der Waals surface area contributed by atoms with E-state index in [4.69, 9.17) is 4.74 Å². The summed E-state index contributed by atoms with van der Waals surface area (Å²) in [5, 5.41) is 3.42. The van der Waals surface area contributed by atoms with E-state index in [1.165, 1.54) is 20.1 Å². The van der Waals surface area contributed by atoms with Gasteiger partial charge < -0.3 is 15.0 Å². The molecule has 0 amide bonds. The van der Waals surface area contributed by atoms with Gasteiger partial charge in [0.05, 0.1) is 13.0 Å². The molecule has 1 rings (SSSR count). The summed E-state index contributed by atoms with van der Waals surface area (Å²) in [4.78, 5) is 13.9. The van der Waals surface area contributed by atoms with Gasteiger partial charge in [-0.3, -0.25) is 4.79 Å². The van der Waals surface area contributed by atoms with Crippen molar-refractivity contribution in [2.45, 2.75) is 20.3 Å². The number of likely N-dealkylation sites (tertiary alicyclic amines) is 1. The SMILES string of the molecule is COC(=O)C(CNCC1CCN(C)C1)C(C)C. The van der Waals surface area contributed by atoms with E-state index in [2.05, 4.69) is 31.1 Å². The molecule has 2 unspecified atom stereocenters. The largest absolute Gasteiger partial charge is 0.469 e. The first-order valence-electron chi connectivity index (χ1n) is 6.51. The molecule has 1 N–H and O–H groups in total. The van der Waals surface area contributed by atoms with Gasteiger partial charge in [-0.15, -0.1) is 0 Å². The van der Waals surface area contributed by atoms with Crippen molar-refractivity contribution in [1.29, 1.82) is 0 Å². The first kappa shape index (κ1) is 14.5. The Hall–Kier alpha value is -0.610. The number of ether oxygens (including phenoxy) is 1. The molecule has 17 heavy (non-hydrogen) atoms. The van der Waals surface area contributed by atoms with Gasteiger partial charge in [-0.2, -0.15) is 0 Å². The van der Waals surface area contributed by atoms with Crippen LogP contribution in [0.25, 0.3) is 0 Å². The fraction of sp³-hybridized carbons (Fsp3) is 0.923. The van der Waals surface area contributed by atoms with Gasteiger partial charge in [0.2, 0.25) is 0 Å². The van der Waals surface area contributed by atoms with E-state index in [1.807, 2.05) is 0 Å². The third kappa shape index (κ3) is 4.64. The van der Waals surface area contributed by atoms with Gasteiger partial charge in [0.1, 0.15) is 0 Å². The highest BCUT2D eigenvalue weighted by Crippen LogP contribution is 2.14. The van der Waals surface area contributed by atoms with Crippen molar-refractivity contribution in [3.05, 3.63) is 0 Å². The molecule has 1 aliphatic rings. The van der Waals surface area contributed by atoms with Gasteiger partial charge in [-0.05, 0) is 38.4 Å². The number of carbonyl (C=O) groups is 1. The van der Waals surface area contributed by atoms with Crippen molar-refractivity contribution in [3.63, 3.8) is 0 Å². The van der Waals surface area contributed by atoms with Crippen LogP contribution in [-0.2, 0) is 9.53 Å². The van der Waals surface area contributed by atoms with E-state index < -0.39 is 0 Å². The standard InChI is InChI=1S/C13H26N2O2/c1-10(2)12(13(16)17-4)8-14-7-11-5-6-15(3)9-11/h10-12,14H,5-9H2,1-4H3. The molecule has 100 valence electrons. The zero-order chi connectivity index (χ0) is 12.8. The van der Waals surface area contributed by atoms with Crippen LogP contribution < -0.4 is 5.32 Å². The van der Waals surface area contributed by atoms with Gasteiger partial charge in [0.25, 0.3) is 0 Å². The van der Waals surface area contributed by atoms with Crippen LogP contribution in [0.3, 0.4) is 0 Å². The Kier molecular flexibility index (Phi) is 5.92. The van der Waals surface area contributed by atoms with E-state index >= 15 is 0 Å². The molecule has 0 bridgehead atoms. The van der Waals surface area contributed by atoms with Crippen molar-refractivity contribution >= 4 is 5.97 Å². The summed E-state index contributed by atoms with van der Waals surface area (Å²) in [6.45, 7) is 8.21. The number of esters is 1. The Morgan fingerprint density at radius 3 is 2.71 bits per heavy atom. The maximum atomic E-state index is 11.6. The van der Waals surface area contributed by atoms with Crippen LogP contribution in [0, 0.1) is 17.8 Å². The average Bonchev–Trinajstić information content (AvgIpc) is 2.69. The van der Waals surface area contributed by atoms with Crippen molar-refractivity contribution in [1.82, 2.24) is 10.2 Å². The first-order valence-corrected chi connectivity index (χ1v) is 6.51. The summed E-state index contributed by atoms with van der Waals surface area (Å²) in [7, 11) is 3.62.